The molecule has 0 bridgehead atoms. The highest BCUT2D eigenvalue weighted by atomic mass is 35.5. The molecule has 2 aromatic heterocycles. The van der Waals surface area contributed by atoms with Crippen molar-refractivity contribution in [3.63, 3.8) is 0 Å². The molecular weight excluding hydrogens is 380 g/mol. The second-order valence-electron chi connectivity index (χ2n) is 5.42. The third-order valence-electron chi connectivity index (χ3n) is 3.94. The molecule has 1 aliphatic rings. The molecule has 2 unspecified atom stereocenters. The van der Waals surface area contributed by atoms with Crippen LogP contribution in [0.15, 0.2) is 64.2 Å². The predicted octanol–water partition coefficient (Wildman–Crippen LogP) is 7.68. The zero-order chi connectivity index (χ0) is 15.7. The average molecular weight is 395 g/mol. The first-order valence-electron chi connectivity index (χ1n) is 7.46. The van der Waals surface area contributed by atoms with Crippen molar-refractivity contribution < 1.29 is 0 Å². The molecule has 0 radical (unpaired) electrons. The Hall–Kier alpha value is -0.390. The summed E-state index contributed by atoms with van der Waals surface area (Å²) in [6.45, 7) is 0. The molecule has 5 heteroatoms. The van der Waals surface area contributed by atoms with Crippen molar-refractivity contribution in [2.75, 3.05) is 0 Å². The Bertz CT molecular complexity index is 766. The van der Waals surface area contributed by atoms with Crippen LogP contribution in [0.4, 0.5) is 0 Å². The van der Waals surface area contributed by atoms with Gasteiger partial charge in [0.25, 0.3) is 0 Å². The minimum atomic E-state index is 0.0772. The summed E-state index contributed by atoms with van der Waals surface area (Å²) >= 11 is 14.2. The van der Waals surface area contributed by atoms with E-state index in [4.69, 9.17) is 11.6 Å². The van der Waals surface area contributed by atoms with Crippen LogP contribution in [0, 0.1) is 0 Å². The van der Waals surface area contributed by atoms with Crippen LogP contribution in [-0.2, 0) is 4.08 Å². The molecule has 1 aromatic carbocycles. The van der Waals surface area contributed by atoms with Gasteiger partial charge in [-0.05, 0) is 47.9 Å². The van der Waals surface area contributed by atoms with Gasteiger partial charge in [0.05, 0.1) is 5.02 Å². The summed E-state index contributed by atoms with van der Waals surface area (Å²) < 4.78 is 0.0772. The molecule has 0 aliphatic carbocycles. The average Bonchev–Trinajstić information content (AvgIpc) is 3.31. The van der Waals surface area contributed by atoms with E-state index in [0.29, 0.717) is 5.25 Å². The normalized spacial score (nSPS) is 24.1. The van der Waals surface area contributed by atoms with Crippen molar-refractivity contribution in [3.05, 3.63) is 74.1 Å². The van der Waals surface area contributed by atoms with Crippen LogP contribution >= 0.6 is 57.8 Å². The molecule has 1 fully saturated rings. The molecule has 0 N–H and O–H groups in total. The van der Waals surface area contributed by atoms with E-state index in [1.165, 1.54) is 27.5 Å². The highest BCUT2D eigenvalue weighted by Crippen LogP contribution is 2.65. The molecule has 0 nitrogen and oxygen atoms in total. The van der Waals surface area contributed by atoms with Crippen LogP contribution in [0.5, 0.6) is 0 Å². The number of hydrogen-bond acceptors (Lipinski definition) is 4. The standard InChI is InChI=1S/C18H15ClS4/c19-13-5-1-2-6-14(13)22-18(17-8-4-12-21-17)10-9-16(23-18)15-7-3-11-20-15/h1-8,11-12,16H,9-10H2. The van der Waals surface area contributed by atoms with Gasteiger partial charge >= 0.3 is 0 Å². The van der Waals surface area contributed by atoms with E-state index >= 15 is 0 Å². The lowest BCUT2D eigenvalue weighted by Crippen LogP contribution is -2.11. The molecule has 118 valence electrons. The van der Waals surface area contributed by atoms with Crippen molar-refractivity contribution in [1.82, 2.24) is 0 Å². The predicted molar refractivity (Wildman–Crippen MR) is 107 cm³/mol. The van der Waals surface area contributed by atoms with Gasteiger partial charge in [0.2, 0.25) is 0 Å². The second-order valence-corrected chi connectivity index (χ2v) is 10.9. The van der Waals surface area contributed by atoms with Gasteiger partial charge in [-0.15, -0.1) is 46.2 Å². The van der Waals surface area contributed by atoms with Gasteiger partial charge in [0.1, 0.15) is 4.08 Å². The first-order valence-corrected chi connectivity index (χ1v) is 11.3. The molecule has 23 heavy (non-hydrogen) atoms. The van der Waals surface area contributed by atoms with Gasteiger partial charge in [-0.3, -0.25) is 0 Å². The molecule has 0 spiro atoms. The summed E-state index contributed by atoms with van der Waals surface area (Å²) in [5.41, 5.74) is 0. The third kappa shape index (κ3) is 3.24. The van der Waals surface area contributed by atoms with Crippen LogP contribution in [0.2, 0.25) is 5.02 Å². The molecule has 4 rings (SSSR count). The van der Waals surface area contributed by atoms with Crippen molar-refractivity contribution in [2.24, 2.45) is 0 Å². The summed E-state index contributed by atoms with van der Waals surface area (Å²) in [6.07, 6.45) is 2.40. The van der Waals surface area contributed by atoms with E-state index in [1.807, 2.05) is 46.6 Å². The zero-order valence-electron chi connectivity index (χ0n) is 12.3. The topological polar surface area (TPSA) is 0 Å². The number of halogens is 1. The van der Waals surface area contributed by atoms with Crippen molar-refractivity contribution in [1.29, 1.82) is 0 Å². The Morgan fingerprint density at radius 3 is 2.57 bits per heavy atom. The Morgan fingerprint density at radius 2 is 1.83 bits per heavy atom. The Balaban J connectivity index is 1.68. The number of thiophene rings is 2. The minimum Gasteiger partial charge on any atom is -0.148 e. The van der Waals surface area contributed by atoms with Gasteiger partial charge in [0.15, 0.2) is 0 Å². The van der Waals surface area contributed by atoms with Crippen molar-refractivity contribution >= 4 is 57.8 Å². The maximum atomic E-state index is 6.44. The fourth-order valence-corrected chi connectivity index (χ4v) is 8.63. The Labute approximate surface area is 158 Å². The lowest BCUT2D eigenvalue weighted by atomic mass is 10.1. The summed E-state index contributed by atoms with van der Waals surface area (Å²) in [5, 5.41) is 5.81. The molecule has 3 heterocycles. The van der Waals surface area contributed by atoms with Gasteiger partial charge in [-0.1, -0.05) is 35.9 Å². The molecule has 1 saturated heterocycles. The Kier molecular flexibility index (Phi) is 4.79. The van der Waals surface area contributed by atoms with Crippen LogP contribution in [-0.4, -0.2) is 0 Å². The largest absolute Gasteiger partial charge is 0.148 e. The molecule has 3 aromatic rings. The molecule has 0 saturated carbocycles. The molecular formula is C18H15ClS4. The second kappa shape index (κ2) is 6.85. The number of hydrogen-bond donors (Lipinski definition) is 0. The van der Waals surface area contributed by atoms with E-state index in [0.717, 1.165) is 5.02 Å². The van der Waals surface area contributed by atoms with E-state index < -0.39 is 0 Å². The van der Waals surface area contributed by atoms with E-state index in [-0.39, 0.29) is 4.08 Å². The van der Waals surface area contributed by atoms with Crippen LogP contribution in [0.1, 0.15) is 27.8 Å². The lowest BCUT2D eigenvalue weighted by molar-refractivity contribution is 0.746. The highest BCUT2D eigenvalue weighted by molar-refractivity contribution is 8.18. The molecule has 0 amide bonds. The maximum absolute atomic E-state index is 6.44. The van der Waals surface area contributed by atoms with Crippen molar-refractivity contribution in [3.8, 4) is 0 Å². The van der Waals surface area contributed by atoms with E-state index in [2.05, 4.69) is 58.9 Å². The van der Waals surface area contributed by atoms with Crippen LogP contribution < -0.4 is 0 Å². The maximum Gasteiger partial charge on any atom is 0.100 e. The lowest BCUT2D eigenvalue weighted by Gasteiger charge is -2.27. The number of benzene rings is 1. The van der Waals surface area contributed by atoms with E-state index in [9.17, 15) is 0 Å². The van der Waals surface area contributed by atoms with Crippen LogP contribution in [0.25, 0.3) is 0 Å². The number of rotatable bonds is 4. The minimum absolute atomic E-state index is 0.0772. The molecule has 2 atom stereocenters. The van der Waals surface area contributed by atoms with Gasteiger partial charge < -0.3 is 0 Å². The smallest absolute Gasteiger partial charge is 0.100 e. The highest BCUT2D eigenvalue weighted by Gasteiger charge is 2.44. The van der Waals surface area contributed by atoms with E-state index in [1.54, 1.807) is 0 Å². The summed E-state index contributed by atoms with van der Waals surface area (Å²) in [4.78, 5) is 4.13. The SMILES string of the molecule is Clc1ccccc1SC1(c2cccs2)CCC(c2cccs2)S1. The first kappa shape index (κ1) is 16.1. The van der Waals surface area contributed by atoms with Crippen LogP contribution in [0.3, 0.4) is 0 Å². The summed E-state index contributed by atoms with van der Waals surface area (Å²) in [7, 11) is 0. The summed E-state index contributed by atoms with van der Waals surface area (Å²) in [6, 6.07) is 17.1. The molecule has 1 aliphatic heterocycles. The van der Waals surface area contributed by atoms with Gasteiger partial charge in [0, 0.05) is 19.9 Å². The fourth-order valence-electron chi connectivity index (χ4n) is 2.85. The number of thioether (sulfide) groups is 2. The zero-order valence-corrected chi connectivity index (χ0v) is 16.3. The summed E-state index contributed by atoms with van der Waals surface area (Å²) in [5.74, 6) is 0. The third-order valence-corrected chi connectivity index (χ3v) is 10.3. The monoisotopic (exact) mass is 394 g/mol. The fraction of sp³-hybridized carbons (Fsp3) is 0.222. The first-order chi connectivity index (χ1) is 11.3. The van der Waals surface area contributed by atoms with Gasteiger partial charge in [-0.2, -0.15) is 0 Å². The van der Waals surface area contributed by atoms with Gasteiger partial charge in [-0.25, -0.2) is 0 Å². The van der Waals surface area contributed by atoms with Crippen molar-refractivity contribution in [2.45, 2.75) is 27.1 Å². The quantitative estimate of drug-likeness (QED) is 0.445. The Morgan fingerprint density at radius 1 is 1.00 bits per heavy atom.